The highest BCUT2D eigenvalue weighted by Crippen LogP contribution is 2.16. The predicted molar refractivity (Wildman–Crippen MR) is 99.2 cm³/mol. The Morgan fingerprint density at radius 2 is 1.92 bits per heavy atom. The molecule has 0 atom stereocenters. The Labute approximate surface area is 150 Å². The maximum absolute atomic E-state index is 13.3. The molecule has 4 rings (SSSR count). The second-order valence-corrected chi connectivity index (χ2v) is 5.68. The van der Waals surface area contributed by atoms with Gasteiger partial charge in [0.15, 0.2) is 12.1 Å². The Bertz CT molecular complexity index is 1180. The molecule has 0 amide bonds. The van der Waals surface area contributed by atoms with Crippen LogP contribution in [-0.2, 0) is 6.42 Å². The molecule has 0 saturated heterocycles. The van der Waals surface area contributed by atoms with Gasteiger partial charge in [-0.3, -0.25) is 9.36 Å². The van der Waals surface area contributed by atoms with Gasteiger partial charge < -0.3 is 4.42 Å². The molecular weight excluding hydrogens is 326 g/mol. The number of fused-ring (bicyclic) bond motifs is 1. The van der Waals surface area contributed by atoms with Gasteiger partial charge in [0, 0.05) is 12.0 Å². The first-order valence-corrected chi connectivity index (χ1v) is 8.28. The van der Waals surface area contributed by atoms with E-state index in [4.69, 9.17) is 9.40 Å². The highest BCUT2D eigenvalue weighted by molar-refractivity contribution is 5.84. The third-order valence-corrected chi connectivity index (χ3v) is 4.06. The van der Waals surface area contributed by atoms with Crippen LogP contribution in [0, 0.1) is 11.8 Å². The maximum atomic E-state index is 13.3. The third-order valence-electron chi connectivity index (χ3n) is 4.06. The molecule has 0 bridgehead atoms. The number of aromatic nitrogens is 3. The molecule has 0 aliphatic heterocycles. The van der Waals surface area contributed by atoms with Crippen molar-refractivity contribution < 1.29 is 4.42 Å². The third kappa shape index (κ3) is 2.78. The molecule has 0 unspecified atom stereocenters. The average Bonchev–Trinajstić information content (AvgIpc) is 3.20. The number of benzene rings is 2. The van der Waals surface area contributed by atoms with Crippen molar-refractivity contribution in [3.8, 4) is 17.5 Å². The van der Waals surface area contributed by atoms with E-state index in [1.54, 1.807) is 4.57 Å². The van der Waals surface area contributed by atoms with Crippen molar-refractivity contribution in [2.24, 2.45) is 0 Å². The highest BCUT2D eigenvalue weighted by atomic mass is 16.3. The number of hydrogen-bond donors (Lipinski definition) is 0. The summed E-state index contributed by atoms with van der Waals surface area (Å²) in [6.45, 7) is 1.99. The molecule has 0 fully saturated rings. The van der Waals surface area contributed by atoms with Crippen LogP contribution in [0.5, 0.6) is 0 Å². The molecule has 26 heavy (non-hydrogen) atoms. The first-order chi connectivity index (χ1) is 12.8. The molecule has 0 radical (unpaired) electrons. The second kappa shape index (κ2) is 6.69. The van der Waals surface area contributed by atoms with Crippen LogP contribution in [0.25, 0.3) is 16.6 Å². The predicted octanol–water partition coefficient (Wildman–Crippen LogP) is 3.34. The summed E-state index contributed by atoms with van der Waals surface area (Å²) in [4.78, 5) is 22.0. The smallest absolute Gasteiger partial charge is 0.267 e. The summed E-state index contributed by atoms with van der Waals surface area (Å²) >= 11 is 0. The molecule has 4 aromatic rings. The number of rotatable bonds is 2. The van der Waals surface area contributed by atoms with E-state index in [1.807, 2.05) is 55.5 Å². The Kier molecular flexibility index (Phi) is 4.08. The summed E-state index contributed by atoms with van der Waals surface area (Å²) in [5.74, 6) is 6.66. The van der Waals surface area contributed by atoms with Crippen LogP contribution in [0.3, 0.4) is 0 Å². The van der Waals surface area contributed by atoms with Gasteiger partial charge in [-0.2, -0.15) is 0 Å². The highest BCUT2D eigenvalue weighted by Gasteiger charge is 2.13. The minimum Gasteiger partial charge on any atom is -0.450 e. The molecule has 2 heterocycles. The fraction of sp³-hybridized carbons (Fsp3) is 0.0952. The van der Waals surface area contributed by atoms with Crippen LogP contribution >= 0.6 is 0 Å². The second-order valence-electron chi connectivity index (χ2n) is 5.68. The number of para-hydroxylation sites is 1. The Morgan fingerprint density at radius 1 is 1.08 bits per heavy atom. The summed E-state index contributed by atoms with van der Waals surface area (Å²) < 4.78 is 6.59. The van der Waals surface area contributed by atoms with Crippen molar-refractivity contribution in [1.29, 1.82) is 0 Å². The summed E-state index contributed by atoms with van der Waals surface area (Å²) in [7, 11) is 0. The lowest BCUT2D eigenvalue weighted by atomic mass is 10.1. The van der Waals surface area contributed by atoms with E-state index >= 15 is 0 Å². The van der Waals surface area contributed by atoms with Gasteiger partial charge in [0.2, 0.25) is 0 Å². The number of hydrogen-bond acceptors (Lipinski definition) is 4. The molecule has 126 valence electrons. The van der Waals surface area contributed by atoms with Crippen LogP contribution in [0.2, 0.25) is 0 Å². The van der Waals surface area contributed by atoms with Crippen LogP contribution in [0.1, 0.15) is 24.0 Å². The zero-order chi connectivity index (χ0) is 17.9. The lowest BCUT2D eigenvalue weighted by Crippen LogP contribution is -2.24. The quantitative estimate of drug-likeness (QED) is 0.525. The molecular formula is C21H15N3O2. The van der Waals surface area contributed by atoms with Gasteiger partial charge in [0.25, 0.3) is 5.56 Å². The van der Waals surface area contributed by atoms with Gasteiger partial charge in [0.1, 0.15) is 12.1 Å². The molecule has 0 N–H and O–H groups in total. The van der Waals surface area contributed by atoms with Crippen molar-refractivity contribution in [2.45, 2.75) is 13.3 Å². The summed E-state index contributed by atoms with van der Waals surface area (Å²) in [5.41, 5.74) is 2.45. The summed E-state index contributed by atoms with van der Waals surface area (Å²) in [5, 5.41) is 0.504. The van der Waals surface area contributed by atoms with E-state index in [0.717, 1.165) is 11.5 Å². The summed E-state index contributed by atoms with van der Waals surface area (Å²) in [6, 6.07) is 15.0. The molecule has 5 nitrogen and oxygen atoms in total. The fourth-order valence-electron chi connectivity index (χ4n) is 2.87. The SMILES string of the molecule is CCc1nc2cccc(C#Cc3cocn3)c2c(=O)n1-c1ccccc1. The van der Waals surface area contributed by atoms with Crippen molar-refractivity contribution in [3.05, 3.63) is 88.6 Å². The van der Waals surface area contributed by atoms with E-state index < -0.39 is 0 Å². The van der Waals surface area contributed by atoms with Gasteiger partial charge in [-0.05, 0) is 30.2 Å². The van der Waals surface area contributed by atoms with Crippen molar-refractivity contribution in [1.82, 2.24) is 14.5 Å². The van der Waals surface area contributed by atoms with Crippen molar-refractivity contribution in [2.75, 3.05) is 0 Å². The van der Waals surface area contributed by atoms with Crippen LogP contribution in [-0.4, -0.2) is 14.5 Å². The topological polar surface area (TPSA) is 60.9 Å². The Balaban J connectivity index is 2.00. The van der Waals surface area contributed by atoms with Crippen LogP contribution in [0.15, 0.2) is 70.4 Å². The fourth-order valence-corrected chi connectivity index (χ4v) is 2.87. The lowest BCUT2D eigenvalue weighted by molar-refractivity contribution is 0.557. The lowest BCUT2D eigenvalue weighted by Gasteiger charge is -2.13. The van der Waals surface area contributed by atoms with Gasteiger partial charge in [-0.15, -0.1) is 0 Å². The zero-order valence-electron chi connectivity index (χ0n) is 14.1. The molecule has 0 aliphatic carbocycles. The minimum absolute atomic E-state index is 0.122. The van der Waals surface area contributed by atoms with Gasteiger partial charge in [-0.1, -0.05) is 37.1 Å². The Hall–Kier alpha value is -3.65. The number of oxazole rings is 1. The average molecular weight is 341 g/mol. The van der Waals surface area contributed by atoms with E-state index in [1.165, 1.54) is 12.7 Å². The largest absolute Gasteiger partial charge is 0.450 e. The molecule has 0 spiro atoms. The van der Waals surface area contributed by atoms with E-state index in [9.17, 15) is 4.79 Å². The standard InChI is InChI=1S/C21H15N3O2/c1-2-19-23-18-10-6-7-15(11-12-16-13-26-14-22-16)20(18)21(25)24(19)17-8-4-3-5-9-17/h3-10,13-14H,2H2,1H3. The first kappa shape index (κ1) is 15.9. The molecule has 2 aromatic carbocycles. The van der Waals surface area contributed by atoms with Crippen LogP contribution < -0.4 is 5.56 Å². The zero-order valence-corrected chi connectivity index (χ0v) is 14.1. The first-order valence-electron chi connectivity index (χ1n) is 8.28. The van der Waals surface area contributed by atoms with Gasteiger partial charge in [0.05, 0.1) is 16.6 Å². The maximum Gasteiger partial charge on any atom is 0.267 e. The van der Waals surface area contributed by atoms with Crippen molar-refractivity contribution >= 4 is 10.9 Å². The van der Waals surface area contributed by atoms with Crippen LogP contribution in [0.4, 0.5) is 0 Å². The minimum atomic E-state index is -0.122. The van der Waals surface area contributed by atoms with Gasteiger partial charge in [-0.25, -0.2) is 9.97 Å². The van der Waals surface area contributed by atoms with Crippen molar-refractivity contribution in [3.63, 3.8) is 0 Å². The molecule has 2 aromatic heterocycles. The number of nitrogens with zero attached hydrogens (tertiary/aromatic N) is 3. The number of aryl methyl sites for hydroxylation is 1. The molecule has 5 heteroatoms. The molecule has 0 saturated carbocycles. The summed E-state index contributed by atoms with van der Waals surface area (Å²) in [6.07, 6.45) is 3.44. The Morgan fingerprint density at radius 3 is 2.65 bits per heavy atom. The van der Waals surface area contributed by atoms with Gasteiger partial charge >= 0.3 is 0 Å². The molecule has 0 aliphatic rings. The monoisotopic (exact) mass is 341 g/mol. The van der Waals surface area contributed by atoms with E-state index in [-0.39, 0.29) is 5.56 Å². The van der Waals surface area contributed by atoms with E-state index in [2.05, 4.69) is 16.8 Å². The van der Waals surface area contributed by atoms with E-state index in [0.29, 0.717) is 28.6 Å². The normalized spacial score (nSPS) is 10.5.